The third-order valence-corrected chi connectivity index (χ3v) is 4.86. The van der Waals surface area contributed by atoms with Crippen LogP contribution in [0.15, 0.2) is 59.5 Å². The number of benzene rings is 2. The number of carbonyl (C=O) groups excluding carboxylic acids is 2. The van der Waals surface area contributed by atoms with E-state index in [0.717, 1.165) is 16.7 Å². The number of aliphatic hydroxyl groups is 1. The van der Waals surface area contributed by atoms with Gasteiger partial charge in [-0.2, -0.15) is 5.26 Å². The minimum atomic E-state index is -0.732. The first-order chi connectivity index (χ1) is 16.5. The van der Waals surface area contributed by atoms with Crippen molar-refractivity contribution in [3.05, 3.63) is 66.2 Å². The Bertz CT molecular complexity index is 1160. The molecule has 10 heteroatoms. The fourth-order valence-electron chi connectivity index (χ4n) is 3.20. The van der Waals surface area contributed by atoms with Gasteiger partial charge < -0.3 is 30.2 Å². The lowest BCUT2D eigenvalue weighted by molar-refractivity contribution is 0.0533. The number of rotatable bonds is 9. The predicted molar refractivity (Wildman–Crippen MR) is 125 cm³/mol. The second kappa shape index (κ2) is 12.0. The van der Waals surface area contributed by atoms with Gasteiger partial charge in [0.05, 0.1) is 18.9 Å². The zero-order chi connectivity index (χ0) is 24.3. The molecule has 1 unspecified atom stereocenters. The highest BCUT2D eigenvalue weighted by atomic mass is 16.6. The number of alkyl carbamates (subject to hydrolysis) is 1. The van der Waals surface area contributed by atoms with Gasteiger partial charge >= 0.3 is 12.1 Å². The average molecular weight is 463 g/mol. The van der Waals surface area contributed by atoms with E-state index < -0.39 is 18.2 Å². The van der Waals surface area contributed by atoms with Crippen LogP contribution in [-0.4, -0.2) is 34.9 Å². The van der Waals surface area contributed by atoms with Gasteiger partial charge in [0.15, 0.2) is 12.2 Å². The van der Waals surface area contributed by atoms with E-state index in [4.69, 9.17) is 14.4 Å². The minimum Gasteiger partial charge on any atom is -0.444 e. The molecule has 0 saturated carbocycles. The molecule has 10 nitrogen and oxygen atoms in total. The molecular weight excluding hydrogens is 438 g/mol. The Labute approximate surface area is 196 Å². The zero-order valence-corrected chi connectivity index (χ0v) is 18.6. The summed E-state index contributed by atoms with van der Waals surface area (Å²) in [5.74, 6) is 0.650. The van der Waals surface area contributed by atoms with E-state index in [2.05, 4.69) is 20.9 Å². The molecule has 4 N–H and O–H groups in total. The number of nitriles is 1. The van der Waals surface area contributed by atoms with Crippen molar-refractivity contribution in [1.29, 1.82) is 5.26 Å². The number of amides is 3. The van der Waals surface area contributed by atoms with Crippen molar-refractivity contribution < 1.29 is 23.8 Å². The summed E-state index contributed by atoms with van der Waals surface area (Å²) >= 11 is 0. The fraction of sp³-hybridized carbons (Fsp3) is 0.250. The number of hydrogen-bond acceptors (Lipinski definition) is 7. The third kappa shape index (κ3) is 7.08. The van der Waals surface area contributed by atoms with E-state index in [9.17, 15) is 14.7 Å². The molecule has 1 heterocycles. The highest BCUT2D eigenvalue weighted by Crippen LogP contribution is 2.25. The molecular formula is C24H25N5O5. The monoisotopic (exact) mass is 463 g/mol. The van der Waals surface area contributed by atoms with E-state index in [1.54, 1.807) is 36.5 Å². The number of aryl methyl sites for hydroxylation is 1. The van der Waals surface area contributed by atoms with E-state index in [0.29, 0.717) is 17.1 Å². The molecule has 34 heavy (non-hydrogen) atoms. The molecule has 176 valence electrons. The molecule has 0 aliphatic heterocycles. The first-order valence-electron chi connectivity index (χ1n) is 10.6. The molecule has 1 aromatic heterocycles. The van der Waals surface area contributed by atoms with Crippen molar-refractivity contribution >= 4 is 23.5 Å². The fourth-order valence-corrected chi connectivity index (χ4v) is 3.20. The summed E-state index contributed by atoms with van der Waals surface area (Å²) in [6.45, 7) is 1.72. The van der Waals surface area contributed by atoms with Crippen LogP contribution in [0.5, 0.6) is 0 Å². The largest absolute Gasteiger partial charge is 0.444 e. The molecule has 0 fully saturated rings. The van der Waals surface area contributed by atoms with Crippen LogP contribution in [-0.2, 0) is 11.3 Å². The minimum absolute atomic E-state index is 0.161. The first-order valence-corrected chi connectivity index (χ1v) is 10.6. The van der Waals surface area contributed by atoms with E-state index >= 15 is 0 Å². The number of aliphatic hydroxyl groups excluding tert-OH is 1. The summed E-state index contributed by atoms with van der Waals surface area (Å²) in [5.41, 5.74) is 3.71. The highest BCUT2D eigenvalue weighted by molar-refractivity contribution is 6.00. The van der Waals surface area contributed by atoms with E-state index in [-0.39, 0.29) is 26.0 Å². The van der Waals surface area contributed by atoms with Crippen molar-refractivity contribution in [2.45, 2.75) is 32.4 Å². The van der Waals surface area contributed by atoms with Crippen LogP contribution in [0.2, 0.25) is 0 Å². The maximum Gasteiger partial charge on any atom is 0.407 e. The summed E-state index contributed by atoms with van der Waals surface area (Å²) in [7, 11) is 0. The molecule has 0 saturated heterocycles. The smallest absolute Gasteiger partial charge is 0.407 e. The lowest BCUT2D eigenvalue weighted by atomic mass is 10.1. The maximum atomic E-state index is 12.4. The topological polar surface area (TPSA) is 150 Å². The Hall–Kier alpha value is -4.36. The Balaban J connectivity index is 1.52. The van der Waals surface area contributed by atoms with Gasteiger partial charge in [0.25, 0.3) is 0 Å². The van der Waals surface area contributed by atoms with Gasteiger partial charge in [0.1, 0.15) is 6.10 Å². The van der Waals surface area contributed by atoms with E-state index in [1.807, 2.05) is 25.1 Å². The number of hydrogen-bond donors (Lipinski definition) is 4. The number of oxazole rings is 1. The standard InChI is InChI=1S/C24H25N5O5/c1-16-10-19(7-8-21(16)22-13-26-15-33-22)29-23(31)28-18-5-2-4-17(11-18)12-27-24(32)34-20(14-30)6-3-9-25/h2,4-5,7-8,10-11,13,15,20,30H,3,6,12,14H2,1H3,(H,27,32)(H2,28,29,31). The second-order valence-electron chi connectivity index (χ2n) is 7.44. The summed E-state index contributed by atoms with van der Waals surface area (Å²) < 4.78 is 10.4. The molecule has 0 aliphatic rings. The second-order valence-corrected chi connectivity index (χ2v) is 7.44. The van der Waals surface area contributed by atoms with Crippen molar-refractivity contribution in [3.63, 3.8) is 0 Å². The first kappa shape index (κ1) is 24.3. The van der Waals surface area contributed by atoms with Gasteiger partial charge in [-0.05, 0) is 54.8 Å². The van der Waals surface area contributed by atoms with Crippen molar-refractivity contribution in [1.82, 2.24) is 10.3 Å². The van der Waals surface area contributed by atoms with Gasteiger partial charge in [0.2, 0.25) is 0 Å². The third-order valence-electron chi connectivity index (χ3n) is 4.86. The molecule has 0 radical (unpaired) electrons. The molecule has 0 spiro atoms. The van der Waals surface area contributed by atoms with Gasteiger partial charge in [-0.15, -0.1) is 0 Å². The summed E-state index contributed by atoms with van der Waals surface area (Å²) in [6, 6.07) is 14.0. The Morgan fingerprint density at radius 2 is 2.00 bits per heavy atom. The number of nitrogens with one attached hydrogen (secondary N) is 3. The number of ether oxygens (including phenoxy) is 1. The van der Waals surface area contributed by atoms with Crippen LogP contribution in [0.4, 0.5) is 21.0 Å². The Morgan fingerprint density at radius 3 is 2.68 bits per heavy atom. The molecule has 0 bridgehead atoms. The maximum absolute atomic E-state index is 12.4. The summed E-state index contributed by atoms with van der Waals surface area (Å²) in [4.78, 5) is 28.3. The number of aromatic nitrogens is 1. The zero-order valence-electron chi connectivity index (χ0n) is 18.6. The molecule has 0 aliphatic carbocycles. The SMILES string of the molecule is Cc1cc(NC(=O)Nc2cccc(CNC(=O)OC(CO)CCC#N)c2)ccc1-c1cnco1. The number of anilines is 2. The van der Waals surface area contributed by atoms with Crippen LogP contribution in [0.25, 0.3) is 11.3 Å². The number of carbonyl (C=O) groups is 2. The Morgan fingerprint density at radius 1 is 1.21 bits per heavy atom. The van der Waals surface area contributed by atoms with Gasteiger partial charge in [-0.1, -0.05) is 12.1 Å². The van der Waals surface area contributed by atoms with Gasteiger partial charge in [0, 0.05) is 29.9 Å². The highest BCUT2D eigenvalue weighted by Gasteiger charge is 2.13. The van der Waals surface area contributed by atoms with Crippen LogP contribution in [0.1, 0.15) is 24.0 Å². The molecule has 1 atom stereocenters. The molecule has 2 aromatic carbocycles. The van der Waals surface area contributed by atoms with Gasteiger partial charge in [-0.25, -0.2) is 14.6 Å². The lowest BCUT2D eigenvalue weighted by Gasteiger charge is -2.15. The number of urea groups is 1. The van der Waals surface area contributed by atoms with Crippen molar-refractivity contribution in [2.24, 2.45) is 0 Å². The normalized spacial score (nSPS) is 11.2. The quantitative estimate of drug-likeness (QED) is 0.372. The molecule has 3 amide bonds. The van der Waals surface area contributed by atoms with Gasteiger partial charge in [-0.3, -0.25) is 0 Å². The van der Waals surface area contributed by atoms with Crippen LogP contribution < -0.4 is 16.0 Å². The summed E-state index contributed by atoms with van der Waals surface area (Å²) in [5, 5.41) is 25.9. The van der Waals surface area contributed by atoms with Crippen LogP contribution >= 0.6 is 0 Å². The van der Waals surface area contributed by atoms with Crippen molar-refractivity contribution in [3.8, 4) is 17.4 Å². The van der Waals surface area contributed by atoms with Crippen molar-refractivity contribution in [2.75, 3.05) is 17.2 Å². The molecule has 3 aromatic rings. The predicted octanol–water partition coefficient (Wildman–Crippen LogP) is 4.18. The lowest BCUT2D eigenvalue weighted by Crippen LogP contribution is -2.30. The van der Waals surface area contributed by atoms with Crippen LogP contribution in [0, 0.1) is 18.3 Å². The summed E-state index contributed by atoms with van der Waals surface area (Å²) in [6.07, 6.45) is 2.01. The number of nitrogens with zero attached hydrogens (tertiary/aromatic N) is 2. The van der Waals surface area contributed by atoms with E-state index in [1.165, 1.54) is 6.39 Å². The molecule has 3 rings (SSSR count). The average Bonchev–Trinajstić information content (AvgIpc) is 3.35. The Kier molecular flexibility index (Phi) is 8.60. The van der Waals surface area contributed by atoms with Crippen LogP contribution in [0.3, 0.4) is 0 Å².